The summed E-state index contributed by atoms with van der Waals surface area (Å²) in [6, 6.07) is 49.4. The van der Waals surface area contributed by atoms with Crippen molar-refractivity contribution in [3.63, 3.8) is 0 Å². The topological polar surface area (TPSA) is 26.3 Å². The lowest BCUT2D eigenvalue weighted by Crippen LogP contribution is -1.90. The molecule has 0 unspecified atom stereocenters. The molecule has 2 heteroatoms. The van der Waals surface area contributed by atoms with Crippen LogP contribution in [-0.2, 0) is 0 Å². The van der Waals surface area contributed by atoms with Gasteiger partial charge in [-0.3, -0.25) is 0 Å². The molecule has 42 heavy (non-hydrogen) atoms. The van der Waals surface area contributed by atoms with Gasteiger partial charge in [-0.1, -0.05) is 115 Å². The van der Waals surface area contributed by atoms with Crippen LogP contribution in [0.2, 0.25) is 0 Å². The fourth-order valence-corrected chi connectivity index (χ4v) is 6.71. The summed E-state index contributed by atoms with van der Waals surface area (Å²) >= 11 is 0. The Kier molecular flexibility index (Phi) is 4.93. The molecule has 9 rings (SSSR count). The van der Waals surface area contributed by atoms with E-state index >= 15 is 0 Å². The predicted octanol–water partition coefficient (Wildman–Crippen LogP) is 11.6. The summed E-state index contributed by atoms with van der Waals surface area (Å²) in [5.74, 6) is 0. The van der Waals surface area contributed by atoms with Gasteiger partial charge in [-0.05, 0) is 68.1 Å². The van der Waals surface area contributed by atoms with E-state index in [0.717, 1.165) is 38.5 Å². The number of rotatable bonds is 3. The molecule has 0 N–H and O–H groups in total. The molecule has 7 aromatic carbocycles. The molecule has 0 bridgehead atoms. The van der Waals surface area contributed by atoms with Crippen molar-refractivity contribution in [1.82, 2.24) is 0 Å². The first-order chi connectivity index (χ1) is 20.8. The fourth-order valence-electron chi connectivity index (χ4n) is 6.71. The number of fused-ring (bicyclic) bond motifs is 7. The van der Waals surface area contributed by atoms with E-state index in [2.05, 4.69) is 121 Å². The van der Waals surface area contributed by atoms with Gasteiger partial charge >= 0.3 is 0 Å². The number of hydrogen-bond donors (Lipinski definition) is 0. The molecule has 0 spiro atoms. The summed E-state index contributed by atoms with van der Waals surface area (Å²) in [6.45, 7) is 0. The van der Waals surface area contributed by atoms with Crippen molar-refractivity contribution in [3.8, 4) is 33.4 Å². The van der Waals surface area contributed by atoms with Crippen LogP contribution in [0.4, 0.5) is 0 Å². The zero-order chi connectivity index (χ0) is 27.6. The van der Waals surface area contributed by atoms with Crippen LogP contribution in [0.1, 0.15) is 0 Å². The minimum Gasteiger partial charge on any atom is -0.463 e. The number of benzene rings is 7. The van der Waals surface area contributed by atoms with Crippen LogP contribution in [0.5, 0.6) is 0 Å². The second-order valence-corrected chi connectivity index (χ2v) is 10.9. The maximum Gasteiger partial charge on any atom is 0.146 e. The number of para-hydroxylation sites is 1. The van der Waals surface area contributed by atoms with Crippen LogP contribution in [-0.4, -0.2) is 0 Å². The van der Waals surface area contributed by atoms with Crippen molar-refractivity contribution in [2.75, 3.05) is 0 Å². The van der Waals surface area contributed by atoms with Crippen molar-refractivity contribution in [2.24, 2.45) is 0 Å². The second kappa shape index (κ2) is 8.95. The molecular weight excluding hydrogens is 512 g/mol. The molecule has 0 amide bonds. The van der Waals surface area contributed by atoms with Gasteiger partial charge in [0.25, 0.3) is 0 Å². The van der Waals surface area contributed by atoms with Gasteiger partial charge in [0.2, 0.25) is 0 Å². The van der Waals surface area contributed by atoms with Crippen molar-refractivity contribution in [2.45, 2.75) is 0 Å². The van der Waals surface area contributed by atoms with Gasteiger partial charge in [0.1, 0.15) is 16.7 Å². The smallest absolute Gasteiger partial charge is 0.146 e. The molecule has 0 fully saturated rings. The molecule has 2 aromatic heterocycles. The molecule has 196 valence electrons. The quantitative estimate of drug-likeness (QED) is 0.210. The van der Waals surface area contributed by atoms with Crippen molar-refractivity contribution in [1.29, 1.82) is 0 Å². The Morgan fingerprint density at radius 1 is 0.381 bits per heavy atom. The van der Waals surface area contributed by atoms with Gasteiger partial charge in [0.05, 0.1) is 11.6 Å². The molecule has 2 heterocycles. The van der Waals surface area contributed by atoms with E-state index in [1.165, 1.54) is 49.4 Å². The molecule has 0 radical (unpaired) electrons. The summed E-state index contributed by atoms with van der Waals surface area (Å²) in [5, 5.41) is 8.04. The Morgan fingerprint density at radius 3 is 1.71 bits per heavy atom. The largest absolute Gasteiger partial charge is 0.463 e. The zero-order valence-electron chi connectivity index (χ0n) is 22.7. The maximum atomic E-state index is 6.40. The molecular formula is C40H24O2. The van der Waals surface area contributed by atoms with Crippen LogP contribution in [0.25, 0.3) is 87.8 Å². The third-order valence-electron chi connectivity index (χ3n) is 8.54. The van der Waals surface area contributed by atoms with E-state index in [0.29, 0.717) is 0 Å². The van der Waals surface area contributed by atoms with Gasteiger partial charge in [-0.25, -0.2) is 0 Å². The van der Waals surface area contributed by atoms with E-state index in [9.17, 15) is 0 Å². The number of furan rings is 2. The van der Waals surface area contributed by atoms with E-state index in [4.69, 9.17) is 8.83 Å². The van der Waals surface area contributed by atoms with E-state index in [1.807, 2.05) is 24.5 Å². The van der Waals surface area contributed by atoms with Crippen LogP contribution in [0.15, 0.2) is 155 Å². The molecule has 0 aliphatic carbocycles. The van der Waals surface area contributed by atoms with Crippen LogP contribution in [0.3, 0.4) is 0 Å². The average Bonchev–Trinajstić information content (AvgIpc) is 3.65. The Hall–Kier alpha value is -5.60. The molecule has 2 nitrogen and oxygen atoms in total. The predicted molar refractivity (Wildman–Crippen MR) is 175 cm³/mol. The molecule has 0 aliphatic rings. The highest BCUT2D eigenvalue weighted by Crippen LogP contribution is 2.47. The highest BCUT2D eigenvalue weighted by molar-refractivity contribution is 6.25. The van der Waals surface area contributed by atoms with Crippen molar-refractivity contribution in [3.05, 3.63) is 146 Å². The summed E-state index contributed by atoms with van der Waals surface area (Å²) in [6.07, 6.45) is 1.93. The van der Waals surface area contributed by atoms with Gasteiger partial charge in [-0.2, -0.15) is 0 Å². The van der Waals surface area contributed by atoms with Crippen LogP contribution >= 0.6 is 0 Å². The van der Waals surface area contributed by atoms with Crippen molar-refractivity contribution < 1.29 is 8.83 Å². The van der Waals surface area contributed by atoms with E-state index in [1.54, 1.807) is 0 Å². The van der Waals surface area contributed by atoms with Gasteiger partial charge in [-0.15, -0.1) is 0 Å². The Morgan fingerprint density at radius 2 is 0.976 bits per heavy atom. The van der Waals surface area contributed by atoms with Crippen molar-refractivity contribution >= 4 is 54.5 Å². The monoisotopic (exact) mass is 536 g/mol. The standard InChI is InChI=1S/C40H24O2/c1-2-11-25(12-3-1)26-13-10-14-27(23-26)37-28-15-4-6-17-30(28)38(31-18-7-5-16-29(31)37)34-24-41-40-32(34)21-22-36-39(40)33-19-8-9-20-35(33)42-36/h1-24H. The minimum atomic E-state index is 0.841. The lowest BCUT2D eigenvalue weighted by molar-refractivity contribution is 0.619. The molecule has 0 atom stereocenters. The first-order valence-electron chi connectivity index (χ1n) is 14.3. The van der Waals surface area contributed by atoms with E-state index in [-0.39, 0.29) is 0 Å². The minimum absolute atomic E-state index is 0.841. The fraction of sp³-hybridized carbons (Fsp3) is 0. The van der Waals surface area contributed by atoms with Gasteiger partial charge in [0.15, 0.2) is 0 Å². The van der Waals surface area contributed by atoms with E-state index < -0.39 is 0 Å². The third kappa shape index (κ3) is 3.33. The summed E-state index contributed by atoms with van der Waals surface area (Å²) in [7, 11) is 0. The first-order valence-corrected chi connectivity index (χ1v) is 14.3. The summed E-state index contributed by atoms with van der Waals surface area (Å²) in [4.78, 5) is 0. The first kappa shape index (κ1) is 23.1. The lowest BCUT2D eigenvalue weighted by atomic mass is 9.85. The molecule has 9 aromatic rings. The summed E-state index contributed by atoms with van der Waals surface area (Å²) < 4.78 is 12.6. The lowest BCUT2D eigenvalue weighted by Gasteiger charge is -2.17. The Bertz CT molecular complexity index is 2400. The maximum absolute atomic E-state index is 6.40. The third-order valence-corrected chi connectivity index (χ3v) is 8.54. The SMILES string of the molecule is c1ccc(-c2cccc(-c3c4ccccc4c(-c4coc5c4ccc4oc6ccccc6c45)c4ccccc34)c2)cc1. The Labute approximate surface area is 242 Å². The zero-order valence-corrected chi connectivity index (χ0v) is 22.7. The molecule has 0 saturated carbocycles. The average molecular weight is 537 g/mol. The molecule has 0 aliphatic heterocycles. The van der Waals surface area contributed by atoms with Gasteiger partial charge in [0, 0.05) is 21.9 Å². The molecule has 0 saturated heterocycles. The van der Waals surface area contributed by atoms with Crippen LogP contribution in [0, 0.1) is 0 Å². The Balaban J connectivity index is 1.36. The van der Waals surface area contributed by atoms with Crippen LogP contribution < -0.4 is 0 Å². The normalized spacial score (nSPS) is 11.8. The highest BCUT2D eigenvalue weighted by atomic mass is 16.3. The second-order valence-electron chi connectivity index (χ2n) is 10.9. The summed E-state index contributed by atoms with van der Waals surface area (Å²) in [5.41, 5.74) is 9.74. The van der Waals surface area contributed by atoms with Gasteiger partial charge < -0.3 is 8.83 Å². The number of hydrogen-bond acceptors (Lipinski definition) is 2. The highest BCUT2D eigenvalue weighted by Gasteiger charge is 2.21.